The molecular weight excluding hydrogens is 240 g/mol. The van der Waals surface area contributed by atoms with Gasteiger partial charge in [-0.15, -0.1) is 0 Å². The van der Waals surface area contributed by atoms with Crippen molar-refractivity contribution in [2.45, 2.75) is 36.2 Å². The fourth-order valence-corrected chi connectivity index (χ4v) is 2.51. The molecule has 18 heavy (non-hydrogen) atoms. The van der Waals surface area contributed by atoms with Crippen molar-refractivity contribution < 1.29 is 0 Å². The van der Waals surface area contributed by atoms with Gasteiger partial charge in [-0.25, -0.2) is 4.98 Å². The largest absolute Gasteiger partial charge is 0.326 e. The number of nitrogens with zero attached hydrogens (tertiary/aromatic N) is 1. The number of nitrogens with two attached hydrogens (primary N) is 1. The highest BCUT2D eigenvalue weighted by atomic mass is 32.2. The summed E-state index contributed by atoms with van der Waals surface area (Å²) in [6.07, 6.45) is 1.81. The Kier molecular flexibility index (Phi) is 4.39. The van der Waals surface area contributed by atoms with Gasteiger partial charge >= 0.3 is 0 Å². The lowest BCUT2D eigenvalue weighted by Crippen LogP contribution is -1.96. The van der Waals surface area contributed by atoms with Crippen LogP contribution in [0.4, 0.5) is 0 Å². The SMILES string of the molecule is CC(C)c1ccc(Sc2cc(CN)ccn2)cc1. The minimum atomic E-state index is 0.558. The molecule has 0 radical (unpaired) electrons. The molecule has 0 aliphatic carbocycles. The summed E-state index contributed by atoms with van der Waals surface area (Å²) in [5.74, 6) is 0.572. The molecule has 2 aromatic rings. The van der Waals surface area contributed by atoms with Gasteiger partial charge in [0.05, 0.1) is 0 Å². The van der Waals surface area contributed by atoms with E-state index >= 15 is 0 Å². The van der Waals surface area contributed by atoms with Crippen LogP contribution in [-0.2, 0) is 6.54 Å². The third kappa shape index (κ3) is 3.34. The first-order valence-corrected chi connectivity index (χ1v) is 6.93. The van der Waals surface area contributed by atoms with E-state index in [9.17, 15) is 0 Å². The zero-order chi connectivity index (χ0) is 13.0. The average molecular weight is 258 g/mol. The maximum atomic E-state index is 5.63. The zero-order valence-electron chi connectivity index (χ0n) is 10.8. The summed E-state index contributed by atoms with van der Waals surface area (Å²) < 4.78 is 0. The van der Waals surface area contributed by atoms with Crippen molar-refractivity contribution in [1.82, 2.24) is 4.98 Å². The summed E-state index contributed by atoms with van der Waals surface area (Å²) in [5.41, 5.74) is 8.11. The van der Waals surface area contributed by atoms with E-state index in [0.717, 1.165) is 10.6 Å². The van der Waals surface area contributed by atoms with Crippen LogP contribution in [0.25, 0.3) is 0 Å². The van der Waals surface area contributed by atoms with Gasteiger partial charge in [0.25, 0.3) is 0 Å². The van der Waals surface area contributed by atoms with Crippen LogP contribution >= 0.6 is 11.8 Å². The highest BCUT2D eigenvalue weighted by Crippen LogP contribution is 2.27. The average Bonchev–Trinajstić information content (AvgIpc) is 2.39. The minimum absolute atomic E-state index is 0.558. The van der Waals surface area contributed by atoms with E-state index in [1.165, 1.54) is 10.5 Å². The summed E-state index contributed by atoms with van der Waals surface area (Å²) in [4.78, 5) is 5.56. The van der Waals surface area contributed by atoms with E-state index in [1.807, 2.05) is 18.3 Å². The molecule has 2 N–H and O–H groups in total. The van der Waals surface area contributed by atoms with Crippen LogP contribution in [0.2, 0.25) is 0 Å². The molecule has 2 rings (SSSR count). The first-order chi connectivity index (χ1) is 8.69. The quantitative estimate of drug-likeness (QED) is 0.906. The van der Waals surface area contributed by atoms with Crippen LogP contribution in [0.3, 0.4) is 0 Å². The summed E-state index contributed by atoms with van der Waals surface area (Å²) in [6.45, 7) is 4.96. The summed E-state index contributed by atoms with van der Waals surface area (Å²) in [7, 11) is 0. The molecule has 0 saturated heterocycles. The molecule has 0 fully saturated rings. The van der Waals surface area contributed by atoms with Gasteiger partial charge in [-0.1, -0.05) is 37.7 Å². The second-order valence-corrected chi connectivity index (χ2v) is 5.63. The fourth-order valence-electron chi connectivity index (χ4n) is 1.67. The standard InChI is InChI=1S/C15H18N2S/c1-11(2)13-3-5-14(6-4-13)18-15-9-12(10-16)7-8-17-15/h3-9,11H,10,16H2,1-2H3. The molecule has 0 amide bonds. The molecule has 0 spiro atoms. The Morgan fingerprint density at radius 3 is 2.50 bits per heavy atom. The van der Waals surface area contributed by atoms with Gasteiger partial charge in [0.1, 0.15) is 5.03 Å². The number of benzene rings is 1. The molecule has 0 bridgehead atoms. The van der Waals surface area contributed by atoms with Gasteiger partial charge in [0.15, 0.2) is 0 Å². The van der Waals surface area contributed by atoms with Crippen molar-refractivity contribution in [1.29, 1.82) is 0 Å². The molecule has 1 aromatic carbocycles. The molecule has 0 aliphatic rings. The number of hydrogen-bond acceptors (Lipinski definition) is 3. The summed E-state index contributed by atoms with van der Waals surface area (Å²) in [5, 5.41) is 0.996. The predicted molar refractivity (Wildman–Crippen MR) is 76.8 cm³/mol. The summed E-state index contributed by atoms with van der Waals surface area (Å²) in [6, 6.07) is 12.7. The molecule has 1 aromatic heterocycles. The number of hydrogen-bond donors (Lipinski definition) is 1. The maximum absolute atomic E-state index is 5.63. The second-order valence-electron chi connectivity index (χ2n) is 4.53. The lowest BCUT2D eigenvalue weighted by molar-refractivity contribution is 0.865. The second kappa shape index (κ2) is 6.03. The predicted octanol–water partition coefficient (Wildman–Crippen LogP) is 3.81. The van der Waals surface area contributed by atoms with Crippen LogP contribution in [0.1, 0.15) is 30.9 Å². The Morgan fingerprint density at radius 2 is 1.89 bits per heavy atom. The molecule has 94 valence electrons. The summed E-state index contributed by atoms with van der Waals surface area (Å²) >= 11 is 1.67. The Labute approximate surface area is 113 Å². The Balaban J connectivity index is 2.13. The van der Waals surface area contributed by atoms with Gasteiger partial charge in [0.2, 0.25) is 0 Å². The van der Waals surface area contributed by atoms with Gasteiger partial charge in [-0.05, 0) is 41.3 Å². The van der Waals surface area contributed by atoms with Gasteiger partial charge in [0, 0.05) is 17.6 Å². The van der Waals surface area contributed by atoms with E-state index in [-0.39, 0.29) is 0 Å². The van der Waals surface area contributed by atoms with Crippen molar-refractivity contribution in [2.75, 3.05) is 0 Å². The van der Waals surface area contributed by atoms with Crippen LogP contribution < -0.4 is 5.73 Å². The third-order valence-electron chi connectivity index (χ3n) is 2.80. The fraction of sp³-hybridized carbons (Fsp3) is 0.267. The monoisotopic (exact) mass is 258 g/mol. The lowest BCUT2D eigenvalue weighted by atomic mass is 10.0. The third-order valence-corrected chi connectivity index (χ3v) is 3.74. The van der Waals surface area contributed by atoms with Crippen molar-refractivity contribution in [2.24, 2.45) is 5.73 Å². The van der Waals surface area contributed by atoms with Gasteiger partial charge in [-0.3, -0.25) is 0 Å². The Bertz CT molecular complexity index is 506. The van der Waals surface area contributed by atoms with E-state index in [0.29, 0.717) is 12.5 Å². The number of aromatic nitrogens is 1. The smallest absolute Gasteiger partial charge is 0.101 e. The minimum Gasteiger partial charge on any atom is -0.326 e. The molecule has 0 unspecified atom stereocenters. The Hall–Kier alpha value is -1.32. The van der Waals surface area contributed by atoms with E-state index in [1.54, 1.807) is 11.8 Å². The first-order valence-electron chi connectivity index (χ1n) is 6.12. The molecular formula is C15H18N2S. The first kappa shape index (κ1) is 13.1. The Morgan fingerprint density at radius 1 is 1.17 bits per heavy atom. The van der Waals surface area contributed by atoms with Crippen molar-refractivity contribution in [3.05, 3.63) is 53.7 Å². The van der Waals surface area contributed by atoms with Crippen LogP contribution in [0.15, 0.2) is 52.5 Å². The lowest BCUT2D eigenvalue weighted by Gasteiger charge is -2.07. The number of rotatable bonds is 4. The van der Waals surface area contributed by atoms with Crippen LogP contribution in [0.5, 0.6) is 0 Å². The van der Waals surface area contributed by atoms with Crippen molar-refractivity contribution >= 4 is 11.8 Å². The topological polar surface area (TPSA) is 38.9 Å². The zero-order valence-corrected chi connectivity index (χ0v) is 11.6. The van der Waals surface area contributed by atoms with Crippen LogP contribution in [-0.4, -0.2) is 4.98 Å². The molecule has 0 saturated carbocycles. The maximum Gasteiger partial charge on any atom is 0.101 e. The van der Waals surface area contributed by atoms with Crippen LogP contribution in [0, 0.1) is 0 Å². The molecule has 0 aliphatic heterocycles. The van der Waals surface area contributed by atoms with E-state index in [4.69, 9.17) is 5.73 Å². The van der Waals surface area contributed by atoms with Gasteiger partial charge < -0.3 is 5.73 Å². The molecule has 1 heterocycles. The molecule has 0 atom stereocenters. The molecule has 2 nitrogen and oxygen atoms in total. The highest BCUT2D eigenvalue weighted by Gasteiger charge is 2.02. The van der Waals surface area contributed by atoms with Crippen molar-refractivity contribution in [3.63, 3.8) is 0 Å². The molecule has 3 heteroatoms. The van der Waals surface area contributed by atoms with Crippen molar-refractivity contribution in [3.8, 4) is 0 Å². The van der Waals surface area contributed by atoms with E-state index < -0.39 is 0 Å². The van der Waals surface area contributed by atoms with E-state index in [2.05, 4.69) is 43.1 Å². The highest BCUT2D eigenvalue weighted by molar-refractivity contribution is 7.99. The number of pyridine rings is 1. The van der Waals surface area contributed by atoms with Gasteiger partial charge in [-0.2, -0.15) is 0 Å². The normalized spacial score (nSPS) is 10.9.